The van der Waals surface area contributed by atoms with E-state index >= 15 is 0 Å². The number of rotatable bonds is 4. The second-order valence-corrected chi connectivity index (χ2v) is 28.0. The van der Waals surface area contributed by atoms with Crippen LogP contribution in [0.2, 0.25) is 0 Å². The van der Waals surface area contributed by atoms with Crippen LogP contribution in [-0.2, 0) is 0 Å². The molecule has 0 unspecified atom stereocenters. The van der Waals surface area contributed by atoms with Crippen molar-refractivity contribution in [3.05, 3.63) is 217 Å². The first-order valence-corrected chi connectivity index (χ1v) is 37.6. The van der Waals surface area contributed by atoms with Crippen molar-refractivity contribution in [3.8, 4) is 0 Å². The summed E-state index contributed by atoms with van der Waals surface area (Å²) >= 11 is 2.89. The van der Waals surface area contributed by atoms with E-state index in [1.807, 2.05) is 62.4 Å². The van der Waals surface area contributed by atoms with Crippen LogP contribution in [0.25, 0.3) is 89.3 Å². The number of aryl methyl sites for hydroxylation is 8. The summed E-state index contributed by atoms with van der Waals surface area (Å²) in [6.07, 6.45) is 2.79. The SMILES string of the molecule is Cc1cc(=O)[nH]c(N)n1.Cc1ccc(Sc2nc3nc(N)[nH]c(=O)c3[nH]2)cc1.Cc1ccccc1Sc1nc2nc(N)[nH]c(=O)c2[nH]1.Cc1nc(N)[nH]c(=O)c1N.Cc1nc2nc(N)[nH]c(=O)c2[nH]1.Cc1nc2nc(N)[nH]c(=O)c2[nH]1.Cc1nc2nc(N)[nH]c(=O)c2[nH]1.Cc1nc2nc(N)[nH]c(=O)c2[nH]1.Nc1nc2nc[nH]c2c(=O)[nH]1.Nc1nc2nc[nH]c2c(=O)[nH]1. The second-order valence-electron chi connectivity index (χ2n) is 25.9. The van der Waals surface area contributed by atoms with Crippen molar-refractivity contribution >= 4 is 178 Å². The summed E-state index contributed by atoms with van der Waals surface area (Å²) in [5.74, 6) is 3.47. The standard InChI is InChI=1S/2C12H11N5OS.4C6H7N5O.2C5H5N5O.C5H8N4O.C5H7N3O/c1-6-2-4-7(5-3-6)19-12-14-8-9(16-12)15-11(13)17-10(8)18;1-6-4-2-3-5-7(6)19-12-14-8-9(16-12)15-11(13)17-10(8)18;4*1-2-8-3-4(9-2)10-6(7)11-5(3)12;2*6-5-9-3-2(4(11)10-5)7-1-8-3;1-2-3(6)4(10)9-5(7)8-2;1-3-2-4(9)8-5(6)7-3/h2*2-5H,1H3,(H4,13,14,15,16,17,18);4*1H3,(H4,7,8,9,10,11,12);2*1H,(H4,6,7,8,9,10,11);6H2,1H3,(H3,7,8,9,10);2H,1H3,(H3,6,7,8,9). The van der Waals surface area contributed by atoms with Crippen LogP contribution < -0.4 is 119 Å². The average Bonchev–Trinajstić information content (AvgIpc) is 1.66. The lowest BCUT2D eigenvalue weighted by Crippen LogP contribution is -2.16. The molecule has 20 aromatic rings. The van der Waals surface area contributed by atoms with Crippen LogP contribution >= 0.6 is 23.5 Å². The number of hydrogen-bond acceptors (Lipinski definition) is 41. The smallest absolute Gasteiger partial charge is 0.278 e. The van der Waals surface area contributed by atoms with E-state index < -0.39 is 0 Å². The minimum absolute atomic E-state index is 0.0656. The number of nitrogen functional groups attached to an aromatic ring is 11. The quantitative estimate of drug-likeness (QED) is 0.0993. The Labute approximate surface area is 709 Å². The maximum atomic E-state index is 11.7. The van der Waals surface area contributed by atoms with Crippen LogP contribution in [0.3, 0.4) is 0 Å². The molecule has 0 aliphatic carbocycles. The van der Waals surface area contributed by atoms with Gasteiger partial charge in [-0.15, -0.1) is 0 Å². The lowest BCUT2D eigenvalue weighted by molar-refractivity contribution is 1.07. The zero-order valence-corrected chi connectivity index (χ0v) is 68.8. The van der Waals surface area contributed by atoms with E-state index in [2.05, 4.69) is 179 Å². The van der Waals surface area contributed by atoms with Gasteiger partial charge in [-0.2, -0.15) is 39.9 Å². The van der Waals surface area contributed by atoms with Gasteiger partial charge in [0, 0.05) is 21.6 Å². The van der Waals surface area contributed by atoms with Crippen molar-refractivity contribution in [1.29, 1.82) is 0 Å². The first-order valence-electron chi connectivity index (χ1n) is 36.0. The third-order valence-electron chi connectivity index (χ3n) is 15.9. The molecule has 0 saturated carbocycles. The van der Waals surface area contributed by atoms with Gasteiger partial charge in [0.1, 0.15) is 29.0 Å². The summed E-state index contributed by atoms with van der Waals surface area (Å²) < 4.78 is 0. The summed E-state index contributed by atoms with van der Waals surface area (Å²) in [4.78, 5) is 230. The van der Waals surface area contributed by atoms with Gasteiger partial charge in [0.2, 0.25) is 59.5 Å². The Bertz CT molecular complexity index is 7570. The molecule has 0 aliphatic heterocycles. The van der Waals surface area contributed by atoms with Gasteiger partial charge in [-0.05, 0) is 79.2 Å². The Morgan fingerprint density at radius 3 is 0.890 bits per heavy atom. The topological polar surface area (TPSA) is 973 Å². The summed E-state index contributed by atoms with van der Waals surface area (Å²) in [6.45, 7) is 14.4. The molecule has 0 radical (unpaired) electrons. The summed E-state index contributed by atoms with van der Waals surface area (Å²) in [7, 11) is 0. The number of nitrogens with two attached hydrogens (primary N) is 11. The summed E-state index contributed by atoms with van der Waals surface area (Å²) in [5.41, 5.74) is 64.6. The van der Waals surface area contributed by atoms with E-state index in [0.29, 0.717) is 134 Å². The van der Waals surface area contributed by atoms with Crippen molar-refractivity contribution in [1.82, 2.24) is 179 Å². The molecule has 654 valence electrons. The molecule has 20 rings (SSSR count). The number of nitrogens with zero attached hydrogens (tertiary/aromatic N) is 18. The predicted octanol–water partition coefficient (Wildman–Crippen LogP) is -1.12. The highest BCUT2D eigenvalue weighted by atomic mass is 32.2. The largest absolute Gasteiger partial charge is 0.393 e. The Hall–Kier alpha value is -18.5. The fraction of sp³-hybridized carbons (Fsp3) is 0.118. The lowest BCUT2D eigenvalue weighted by Gasteiger charge is -2.01. The van der Waals surface area contributed by atoms with Crippen LogP contribution in [0, 0.1) is 55.4 Å². The van der Waals surface area contributed by atoms with Gasteiger partial charge in [-0.25, -0.2) is 49.8 Å². The van der Waals surface area contributed by atoms with E-state index in [1.165, 1.54) is 47.8 Å². The highest BCUT2D eigenvalue weighted by Gasteiger charge is 2.15. The van der Waals surface area contributed by atoms with Crippen LogP contribution in [0.15, 0.2) is 135 Å². The molecule has 0 amide bonds. The maximum absolute atomic E-state index is 11.7. The second kappa shape index (κ2) is 38.7. The van der Waals surface area contributed by atoms with Crippen LogP contribution in [0.5, 0.6) is 0 Å². The number of benzene rings is 2. The predicted molar refractivity (Wildman–Crippen MR) is 473 cm³/mol. The number of aromatic amines is 18. The molecule has 0 atom stereocenters. The Balaban J connectivity index is 0.000000138. The molecule has 0 spiro atoms. The molecule has 127 heavy (non-hydrogen) atoms. The van der Waals surface area contributed by atoms with E-state index in [9.17, 15) is 47.9 Å². The number of imidazole rings is 8. The Kier molecular flexibility index (Phi) is 27.2. The van der Waals surface area contributed by atoms with Gasteiger partial charge >= 0.3 is 0 Å². The van der Waals surface area contributed by atoms with Gasteiger partial charge in [-0.1, -0.05) is 59.4 Å². The van der Waals surface area contributed by atoms with Gasteiger partial charge in [0.25, 0.3) is 55.6 Å². The molecule has 18 heterocycles. The van der Waals surface area contributed by atoms with Crippen LogP contribution in [0.4, 0.5) is 65.2 Å². The van der Waals surface area contributed by atoms with Gasteiger partial charge in [-0.3, -0.25) is 97.8 Å². The molecule has 2 aromatic carbocycles. The van der Waals surface area contributed by atoms with Crippen molar-refractivity contribution in [2.75, 3.05) is 63.1 Å². The average molecular weight is 1770 g/mol. The van der Waals surface area contributed by atoms with Crippen molar-refractivity contribution in [3.63, 3.8) is 0 Å². The van der Waals surface area contributed by atoms with Gasteiger partial charge in [0.05, 0.1) is 18.3 Å². The van der Waals surface area contributed by atoms with Gasteiger partial charge < -0.3 is 103 Å². The zero-order chi connectivity index (χ0) is 91.9. The molecule has 57 nitrogen and oxygen atoms in total. The first-order chi connectivity index (χ1) is 60.2. The fourth-order valence-electron chi connectivity index (χ4n) is 10.5. The van der Waals surface area contributed by atoms with Crippen LogP contribution in [0.1, 0.15) is 45.8 Å². The number of anilines is 11. The first kappa shape index (κ1) is 89.3. The van der Waals surface area contributed by atoms with E-state index in [4.69, 9.17) is 63.1 Å². The van der Waals surface area contributed by atoms with Crippen LogP contribution in [-0.4, -0.2) is 179 Å². The molecule has 59 heteroatoms. The highest BCUT2D eigenvalue weighted by Crippen LogP contribution is 2.29. The molecular formula is C68H75N47O10S2. The lowest BCUT2D eigenvalue weighted by atomic mass is 10.2. The number of fused-ring (bicyclic) bond motifs is 8. The van der Waals surface area contributed by atoms with Crippen molar-refractivity contribution < 1.29 is 0 Å². The van der Waals surface area contributed by atoms with E-state index in [-0.39, 0.29) is 121 Å². The third-order valence-corrected chi connectivity index (χ3v) is 17.9. The molecule has 0 bridgehead atoms. The van der Waals surface area contributed by atoms with E-state index in [0.717, 1.165) is 15.4 Å². The highest BCUT2D eigenvalue weighted by molar-refractivity contribution is 7.99. The molecular weight excluding hydrogens is 1700 g/mol. The number of nitrogens with one attached hydrogen (secondary N) is 18. The third kappa shape index (κ3) is 23.3. The number of hydrogen-bond donors (Lipinski definition) is 29. The fourth-order valence-corrected chi connectivity index (χ4v) is 12.1. The molecule has 40 N–H and O–H groups in total. The minimum atomic E-state index is -0.384. The summed E-state index contributed by atoms with van der Waals surface area (Å²) in [6, 6.07) is 17.4. The minimum Gasteiger partial charge on any atom is -0.393 e. The molecule has 0 fully saturated rings. The Morgan fingerprint density at radius 2 is 0.559 bits per heavy atom. The molecule has 0 aliphatic rings. The van der Waals surface area contributed by atoms with Crippen molar-refractivity contribution in [2.24, 2.45) is 0 Å². The maximum Gasteiger partial charge on any atom is 0.278 e. The summed E-state index contributed by atoms with van der Waals surface area (Å²) in [5, 5.41) is 1.23. The van der Waals surface area contributed by atoms with Gasteiger partial charge in [0.15, 0.2) is 99.6 Å². The van der Waals surface area contributed by atoms with E-state index in [1.54, 1.807) is 41.5 Å². The number of H-pyrrole nitrogens is 18. The Morgan fingerprint density at radius 1 is 0.268 bits per heavy atom. The molecule has 0 saturated heterocycles. The normalized spacial score (nSPS) is 10.6. The van der Waals surface area contributed by atoms with Crippen molar-refractivity contribution in [2.45, 2.75) is 75.5 Å². The zero-order valence-electron chi connectivity index (χ0n) is 67.2. The monoisotopic (exact) mass is 1770 g/mol. The molecule has 18 aromatic heterocycles. The number of aromatic nitrogens is 36.